The van der Waals surface area contributed by atoms with Crippen molar-refractivity contribution in [2.24, 2.45) is 5.92 Å². The third-order valence-corrected chi connectivity index (χ3v) is 3.62. The second-order valence-electron chi connectivity index (χ2n) is 4.72. The zero-order valence-corrected chi connectivity index (χ0v) is 10.0. The Morgan fingerprint density at radius 3 is 2.75 bits per heavy atom. The van der Waals surface area contributed by atoms with Crippen LogP contribution in [0, 0.1) is 5.92 Å². The maximum absolute atomic E-state index is 4.08. The average molecular weight is 219 g/mol. The normalized spacial score (nSPS) is 25.6. The van der Waals surface area contributed by atoms with Gasteiger partial charge in [0.1, 0.15) is 0 Å². The number of hydrogen-bond donors (Lipinski definition) is 1. The predicted molar refractivity (Wildman–Crippen MR) is 64.9 cm³/mol. The molecule has 16 heavy (non-hydrogen) atoms. The molecule has 1 heterocycles. The lowest BCUT2D eigenvalue weighted by molar-refractivity contribution is 0.284. The molecule has 1 aliphatic rings. The first-order valence-electron chi connectivity index (χ1n) is 6.38. The smallest absolute Gasteiger partial charge is 0.0769 e. The van der Waals surface area contributed by atoms with Gasteiger partial charge < -0.3 is 5.32 Å². The molecule has 0 radical (unpaired) electrons. The molecular weight excluding hydrogens is 198 g/mol. The van der Waals surface area contributed by atoms with E-state index in [2.05, 4.69) is 22.4 Å². The third kappa shape index (κ3) is 3.27. The minimum absolute atomic E-state index is 0.685. The van der Waals surface area contributed by atoms with Gasteiger partial charge in [0.25, 0.3) is 0 Å². The van der Waals surface area contributed by atoms with E-state index in [0.29, 0.717) is 6.04 Å². The maximum atomic E-state index is 4.08. The molecule has 3 nitrogen and oxygen atoms in total. The highest BCUT2D eigenvalue weighted by atomic mass is 15.1. The van der Waals surface area contributed by atoms with Gasteiger partial charge in [-0.3, -0.25) is 0 Å². The topological polar surface area (TPSA) is 37.8 Å². The van der Waals surface area contributed by atoms with Gasteiger partial charge in [0, 0.05) is 18.8 Å². The monoisotopic (exact) mass is 219 g/mol. The van der Waals surface area contributed by atoms with E-state index in [0.717, 1.165) is 18.2 Å². The van der Waals surface area contributed by atoms with E-state index < -0.39 is 0 Å². The molecule has 1 aromatic rings. The lowest BCUT2D eigenvalue weighted by Crippen LogP contribution is -2.32. The predicted octanol–water partition coefficient (Wildman–Crippen LogP) is 2.54. The van der Waals surface area contributed by atoms with Gasteiger partial charge in [0.2, 0.25) is 0 Å². The van der Waals surface area contributed by atoms with E-state index in [4.69, 9.17) is 0 Å². The van der Waals surface area contributed by atoms with Crippen LogP contribution in [-0.4, -0.2) is 16.2 Å². The van der Waals surface area contributed by atoms with Crippen LogP contribution in [0.1, 0.15) is 44.7 Å². The largest absolute Gasteiger partial charge is 0.308 e. The summed E-state index contributed by atoms with van der Waals surface area (Å²) in [5, 5.41) is 11.5. The summed E-state index contributed by atoms with van der Waals surface area (Å²) in [5.41, 5.74) is 1.04. The average Bonchev–Trinajstić information content (AvgIpc) is 2.38. The Hall–Kier alpha value is -0.960. The SMILES string of the molecule is CCC1CCC(NCc2cccnn2)CC1. The molecule has 88 valence electrons. The Kier molecular flexibility index (Phi) is 4.28. The van der Waals surface area contributed by atoms with Gasteiger partial charge in [-0.05, 0) is 43.7 Å². The summed E-state index contributed by atoms with van der Waals surface area (Å²) < 4.78 is 0. The molecule has 0 atom stereocenters. The van der Waals surface area contributed by atoms with Crippen molar-refractivity contribution in [3.05, 3.63) is 24.0 Å². The zero-order valence-electron chi connectivity index (χ0n) is 10.0. The van der Waals surface area contributed by atoms with Crippen molar-refractivity contribution < 1.29 is 0 Å². The van der Waals surface area contributed by atoms with Crippen molar-refractivity contribution in [1.82, 2.24) is 15.5 Å². The quantitative estimate of drug-likeness (QED) is 0.845. The van der Waals surface area contributed by atoms with Crippen LogP contribution in [-0.2, 0) is 6.54 Å². The maximum Gasteiger partial charge on any atom is 0.0769 e. The fourth-order valence-corrected chi connectivity index (χ4v) is 2.45. The van der Waals surface area contributed by atoms with Crippen LogP contribution < -0.4 is 5.32 Å². The van der Waals surface area contributed by atoms with Crippen LogP contribution in [0.4, 0.5) is 0 Å². The molecule has 0 saturated heterocycles. The highest BCUT2D eigenvalue weighted by Crippen LogP contribution is 2.26. The summed E-state index contributed by atoms with van der Waals surface area (Å²) in [4.78, 5) is 0. The van der Waals surface area contributed by atoms with Crippen molar-refractivity contribution in [2.45, 2.75) is 51.6 Å². The Morgan fingerprint density at radius 2 is 2.12 bits per heavy atom. The Labute approximate surface area is 97.7 Å². The zero-order chi connectivity index (χ0) is 11.2. The molecule has 1 aliphatic carbocycles. The fourth-order valence-electron chi connectivity index (χ4n) is 2.45. The molecule has 0 aromatic carbocycles. The summed E-state index contributed by atoms with van der Waals surface area (Å²) in [6.45, 7) is 3.16. The molecule has 0 bridgehead atoms. The Bertz CT molecular complexity index is 291. The van der Waals surface area contributed by atoms with Crippen molar-refractivity contribution >= 4 is 0 Å². The van der Waals surface area contributed by atoms with Crippen LogP contribution in [0.25, 0.3) is 0 Å². The van der Waals surface area contributed by atoms with E-state index in [1.54, 1.807) is 6.20 Å². The number of hydrogen-bond acceptors (Lipinski definition) is 3. The van der Waals surface area contributed by atoms with Crippen molar-refractivity contribution in [3.63, 3.8) is 0 Å². The number of aromatic nitrogens is 2. The number of nitrogens with zero attached hydrogens (tertiary/aromatic N) is 2. The first-order chi connectivity index (χ1) is 7.88. The minimum Gasteiger partial charge on any atom is -0.308 e. The van der Waals surface area contributed by atoms with Crippen LogP contribution in [0.2, 0.25) is 0 Å². The van der Waals surface area contributed by atoms with E-state index in [1.807, 2.05) is 12.1 Å². The number of rotatable bonds is 4. The number of nitrogens with one attached hydrogen (secondary N) is 1. The van der Waals surface area contributed by atoms with Crippen LogP contribution in [0.15, 0.2) is 18.3 Å². The van der Waals surface area contributed by atoms with Crippen molar-refractivity contribution in [1.29, 1.82) is 0 Å². The standard InChI is InChI=1S/C13H21N3/c1-2-11-5-7-12(8-6-11)14-10-13-4-3-9-15-16-13/h3-4,9,11-12,14H,2,5-8,10H2,1H3. The summed E-state index contributed by atoms with van der Waals surface area (Å²) in [7, 11) is 0. The molecule has 1 fully saturated rings. The molecule has 0 unspecified atom stereocenters. The fraction of sp³-hybridized carbons (Fsp3) is 0.692. The highest BCUT2D eigenvalue weighted by molar-refractivity contribution is 4.98. The Balaban J connectivity index is 1.72. The molecule has 0 aliphatic heterocycles. The summed E-state index contributed by atoms with van der Waals surface area (Å²) in [5.74, 6) is 0.967. The molecule has 2 rings (SSSR count). The molecule has 0 amide bonds. The van der Waals surface area contributed by atoms with Gasteiger partial charge in [-0.1, -0.05) is 13.3 Å². The van der Waals surface area contributed by atoms with Crippen LogP contribution in [0.3, 0.4) is 0 Å². The lowest BCUT2D eigenvalue weighted by Gasteiger charge is -2.28. The lowest BCUT2D eigenvalue weighted by atomic mass is 9.84. The van der Waals surface area contributed by atoms with E-state index in [-0.39, 0.29) is 0 Å². The highest BCUT2D eigenvalue weighted by Gasteiger charge is 2.19. The second kappa shape index (κ2) is 5.94. The van der Waals surface area contributed by atoms with Gasteiger partial charge in [0.15, 0.2) is 0 Å². The molecule has 0 spiro atoms. The van der Waals surface area contributed by atoms with E-state index in [1.165, 1.54) is 32.1 Å². The Morgan fingerprint density at radius 1 is 1.31 bits per heavy atom. The van der Waals surface area contributed by atoms with Crippen LogP contribution >= 0.6 is 0 Å². The van der Waals surface area contributed by atoms with Gasteiger partial charge >= 0.3 is 0 Å². The van der Waals surface area contributed by atoms with Crippen molar-refractivity contribution in [2.75, 3.05) is 0 Å². The molecular formula is C13H21N3. The van der Waals surface area contributed by atoms with Gasteiger partial charge in [0.05, 0.1) is 5.69 Å². The molecule has 1 saturated carbocycles. The summed E-state index contributed by atoms with van der Waals surface area (Å²) >= 11 is 0. The van der Waals surface area contributed by atoms with E-state index >= 15 is 0 Å². The van der Waals surface area contributed by atoms with Gasteiger partial charge in [-0.25, -0.2) is 0 Å². The first kappa shape index (κ1) is 11.5. The summed E-state index contributed by atoms with van der Waals surface area (Å²) in [6, 6.07) is 4.65. The summed E-state index contributed by atoms with van der Waals surface area (Å²) in [6.07, 6.45) is 8.47. The minimum atomic E-state index is 0.685. The van der Waals surface area contributed by atoms with Gasteiger partial charge in [-0.2, -0.15) is 10.2 Å². The van der Waals surface area contributed by atoms with Crippen LogP contribution in [0.5, 0.6) is 0 Å². The molecule has 1 aromatic heterocycles. The second-order valence-corrected chi connectivity index (χ2v) is 4.72. The molecule has 3 heteroatoms. The van der Waals surface area contributed by atoms with Crippen molar-refractivity contribution in [3.8, 4) is 0 Å². The van der Waals surface area contributed by atoms with Gasteiger partial charge in [-0.15, -0.1) is 0 Å². The van der Waals surface area contributed by atoms with E-state index in [9.17, 15) is 0 Å². The molecule has 1 N–H and O–H groups in total. The third-order valence-electron chi connectivity index (χ3n) is 3.62. The first-order valence-corrected chi connectivity index (χ1v) is 6.38.